The van der Waals surface area contributed by atoms with Crippen LogP contribution in [-0.4, -0.2) is 42.6 Å². The van der Waals surface area contributed by atoms with Crippen LogP contribution in [-0.2, 0) is 4.79 Å². The fraction of sp³-hybridized carbons (Fsp3) is 0.235. The van der Waals surface area contributed by atoms with Crippen LogP contribution in [0, 0.1) is 0 Å². The number of nitrogens with one attached hydrogen (secondary N) is 1. The molecule has 2 aromatic rings. The second-order valence-electron chi connectivity index (χ2n) is 4.89. The molecule has 7 heteroatoms. The predicted octanol–water partition coefficient (Wildman–Crippen LogP) is 1.13. The Morgan fingerprint density at radius 3 is 2.33 bits per heavy atom. The van der Waals surface area contributed by atoms with Crippen LogP contribution in [0.2, 0.25) is 0 Å². The molecule has 1 aromatic carbocycles. The van der Waals surface area contributed by atoms with Gasteiger partial charge in [-0.2, -0.15) is 0 Å². The van der Waals surface area contributed by atoms with Gasteiger partial charge in [0.2, 0.25) is 11.8 Å². The Bertz CT molecular complexity index is 698. The quantitative estimate of drug-likeness (QED) is 0.739. The molecule has 1 aromatic heterocycles. The van der Waals surface area contributed by atoms with Gasteiger partial charge in [-0.1, -0.05) is 12.1 Å². The summed E-state index contributed by atoms with van der Waals surface area (Å²) in [6.07, 6.45) is 1.38. The number of aliphatic hydroxyl groups is 1. The molecule has 2 N–H and O–H groups in total. The van der Waals surface area contributed by atoms with Crippen molar-refractivity contribution in [3.63, 3.8) is 0 Å². The van der Waals surface area contributed by atoms with E-state index in [4.69, 9.17) is 14.6 Å². The van der Waals surface area contributed by atoms with Gasteiger partial charge in [0.25, 0.3) is 0 Å². The van der Waals surface area contributed by atoms with Crippen molar-refractivity contribution in [3.05, 3.63) is 53.7 Å². The number of methoxy groups -OCH3 is 2. The number of aliphatic hydroxyl groups excluding tert-OH is 1. The average Bonchev–Trinajstić information content (AvgIpc) is 2.65. The number of carbonyl (C=O) groups excluding carboxylic acids is 2. The van der Waals surface area contributed by atoms with Crippen LogP contribution in [0.5, 0.6) is 11.6 Å². The molecule has 1 heterocycles. The highest BCUT2D eigenvalue weighted by Gasteiger charge is 2.24. The normalized spacial score (nSPS) is 11.5. The van der Waals surface area contributed by atoms with Crippen molar-refractivity contribution in [2.75, 3.05) is 20.8 Å². The lowest BCUT2D eigenvalue weighted by atomic mass is 9.98. The summed E-state index contributed by atoms with van der Waals surface area (Å²) in [5, 5.41) is 11.5. The minimum absolute atomic E-state index is 0.315. The van der Waals surface area contributed by atoms with Gasteiger partial charge in [0.05, 0.1) is 14.2 Å². The summed E-state index contributed by atoms with van der Waals surface area (Å²) in [6, 6.07) is 8.92. The lowest BCUT2D eigenvalue weighted by molar-refractivity contribution is -0.124. The number of ether oxygens (including phenoxy) is 2. The lowest BCUT2D eigenvalue weighted by Gasteiger charge is -2.18. The monoisotopic (exact) mass is 330 g/mol. The van der Waals surface area contributed by atoms with E-state index in [0.29, 0.717) is 22.8 Å². The summed E-state index contributed by atoms with van der Waals surface area (Å²) in [7, 11) is 3.01. The molecule has 1 amide bonds. The second kappa shape index (κ2) is 8.07. The molecule has 126 valence electrons. The van der Waals surface area contributed by atoms with E-state index in [9.17, 15) is 9.59 Å². The van der Waals surface area contributed by atoms with E-state index >= 15 is 0 Å². The molecule has 2 rings (SSSR count). The average molecular weight is 330 g/mol. The molecule has 0 aliphatic rings. The third-order valence-electron chi connectivity index (χ3n) is 3.39. The van der Waals surface area contributed by atoms with Crippen LogP contribution < -0.4 is 14.8 Å². The smallest absolute Gasteiger partial charge is 0.246 e. The van der Waals surface area contributed by atoms with Crippen LogP contribution in [0.4, 0.5) is 0 Å². The van der Waals surface area contributed by atoms with E-state index in [1.54, 1.807) is 36.4 Å². The fourth-order valence-corrected chi connectivity index (χ4v) is 2.12. The zero-order chi connectivity index (χ0) is 17.5. The summed E-state index contributed by atoms with van der Waals surface area (Å²) in [5.74, 6) is 0.0132. The number of amides is 1. The largest absolute Gasteiger partial charge is 0.497 e. The van der Waals surface area contributed by atoms with Gasteiger partial charge in [-0.15, -0.1) is 0 Å². The molecule has 0 spiro atoms. The van der Waals surface area contributed by atoms with Crippen molar-refractivity contribution in [1.82, 2.24) is 10.3 Å². The first-order valence-corrected chi connectivity index (χ1v) is 7.17. The van der Waals surface area contributed by atoms with Gasteiger partial charge < -0.3 is 19.9 Å². The maximum Gasteiger partial charge on any atom is 0.246 e. The van der Waals surface area contributed by atoms with Crippen molar-refractivity contribution >= 4 is 11.7 Å². The molecule has 0 saturated carbocycles. The third kappa shape index (κ3) is 4.08. The highest BCUT2D eigenvalue weighted by molar-refractivity contribution is 6.02. The van der Waals surface area contributed by atoms with Gasteiger partial charge in [0.15, 0.2) is 5.78 Å². The maximum absolute atomic E-state index is 12.7. The van der Waals surface area contributed by atoms with Crippen LogP contribution in [0.25, 0.3) is 0 Å². The van der Waals surface area contributed by atoms with E-state index in [1.807, 2.05) is 0 Å². The molecule has 0 aliphatic heterocycles. The highest BCUT2D eigenvalue weighted by atomic mass is 16.5. The van der Waals surface area contributed by atoms with Gasteiger partial charge in [-0.25, -0.2) is 4.98 Å². The fourth-order valence-electron chi connectivity index (χ4n) is 2.12. The Balaban J connectivity index is 2.32. The zero-order valence-electron chi connectivity index (χ0n) is 13.4. The molecular formula is C17H18N2O5. The molecule has 0 fully saturated rings. The summed E-state index contributed by atoms with van der Waals surface area (Å²) >= 11 is 0. The maximum atomic E-state index is 12.7. The van der Waals surface area contributed by atoms with Crippen molar-refractivity contribution in [3.8, 4) is 11.6 Å². The number of hydrogen-bond donors (Lipinski definition) is 2. The number of benzene rings is 1. The van der Waals surface area contributed by atoms with Gasteiger partial charge in [0, 0.05) is 17.8 Å². The number of rotatable bonds is 7. The zero-order valence-corrected chi connectivity index (χ0v) is 13.4. The summed E-state index contributed by atoms with van der Waals surface area (Å²) < 4.78 is 10.0. The van der Waals surface area contributed by atoms with Crippen LogP contribution in [0.3, 0.4) is 0 Å². The molecule has 7 nitrogen and oxygen atoms in total. The summed E-state index contributed by atoms with van der Waals surface area (Å²) in [4.78, 5) is 28.3. The molecule has 0 radical (unpaired) electrons. The molecule has 24 heavy (non-hydrogen) atoms. The minimum atomic E-state index is -0.939. The van der Waals surface area contributed by atoms with E-state index in [0.717, 1.165) is 0 Å². The van der Waals surface area contributed by atoms with Gasteiger partial charge in [-0.05, 0) is 23.8 Å². The van der Waals surface area contributed by atoms with E-state index in [1.165, 1.54) is 20.4 Å². The first-order valence-electron chi connectivity index (χ1n) is 7.17. The van der Waals surface area contributed by atoms with Gasteiger partial charge >= 0.3 is 0 Å². The Kier molecular flexibility index (Phi) is 5.86. The molecular weight excluding hydrogens is 312 g/mol. The Morgan fingerprint density at radius 2 is 1.83 bits per heavy atom. The van der Waals surface area contributed by atoms with E-state index in [2.05, 4.69) is 10.3 Å². The van der Waals surface area contributed by atoms with E-state index < -0.39 is 18.6 Å². The minimum Gasteiger partial charge on any atom is -0.497 e. The summed E-state index contributed by atoms with van der Waals surface area (Å²) in [5.41, 5.74) is 0.883. The summed E-state index contributed by atoms with van der Waals surface area (Å²) in [6.45, 7) is -0.708. The first kappa shape index (κ1) is 17.4. The number of Topliss-reactive ketones (excluding diaryl/α,β-unsaturated/α-hetero) is 1. The second-order valence-corrected chi connectivity index (χ2v) is 4.89. The Labute approximate surface area is 139 Å². The van der Waals surface area contributed by atoms with Gasteiger partial charge in [-0.3, -0.25) is 9.59 Å². The molecule has 1 unspecified atom stereocenters. The molecule has 1 atom stereocenters. The first-order chi connectivity index (χ1) is 11.6. The number of pyridine rings is 1. The van der Waals surface area contributed by atoms with Crippen molar-refractivity contribution in [2.24, 2.45) is 0 Å². The van der Waals surface area contributed by atoms with Crippen molar-refractivity contribution < 1.29 is 24.2 Å². The standard InChI is InChI=1S/C17H18N2O5/c1-23-13-6-3-11(4-7-13)16(19-14(21)10-20)17(22)12-5-8-15(24-2)18-9-12/h3-9,16,20H,10H2,1-2H3,(H,19,21). The van der Waals surface area contributed by atoms with Crippen LogP contribution >= 0.6 is 0 Å². The van der Waals surface area contributed by atoms with Crippen LogP contribution in [0.15, 0.2) is 42.6 Å². The predicted molar refractivity (Wildman–Crippen MR) is 86.1 cm³/mol. The molecule has 0 bridgehead atoms. The van der Waals surface area contributed by atoms with Gasteiger partial charge in [0.1, 0.15) is 18.4 Å². The number of aromatic nitrogens is 1. The number of ketones is 1. The number of carbonyl (C=O) groups is 2. The Morgan fingerprint density at radius 1 is 1.12 bits per heavy atom. The SMILES string of the molecule is COc1ccc(C(NC(=O)CO)C(=O)c2ccc(OC)nc2)cc1. The Hall–Kier alpha value is -2.93. The third-order valence-corrected chi connectivity index (χ3v) is 3.39. The number of nitrogens with zero attached hydrogens (tertiary/aromatic N) is 1. The molecule has 0 saturated heterocycles. The molecule has 0 aliphatic carbocycles. The van der Waals surface area contributed by atoms with E-state index in [-0.39, 0.29) is 5.78 Å². The number of hydrogen-bond acceptors (Lipinski definition) is 6. The topological polar surface area (TPSA) is 97.8 Å². The highest BCUT2D eigenvalue weighted by Crippen LogP contribution is 2.22. The van der Waals surface area contributed by atoms with Crippen LogP contribution in [0.1, 0.15) is 22.0 Å². The van der Waals surface area contributed by atoms with Crippen molar-refractivity contribution in [1.29, 1.82) is 0 Å². The lowest BCUT2D eigenvalue weighted by Crippen LogP contribution is -2.35. The van der Waals surface area contributed by atoms with Crippen molar-refractivity contribution in [2.45, 2.75) is 6.04 Å².